The van der Waals surface area contributed by atoms with Gasteiger partial charge in [0.1, 0.15) is 5.78 Å². The minimum Gasteiger partial charge on any atom is -0.512 e. The summed E-state index contributed by atoms with van der Waals surface area (Å²) >= 11 is 0. The number of nitrogens with zero attached hydrogens (tertiary/aromatic N) is 4. The predicted octanol–water partition coefficient (Wildman–Crippen LogP) is -0.326. The maximum absolute atomic E-state index is 12.3. The normalized spacial score (nSPS) is 19.2. The second-order valence-electron chi connectivity index (χ2n) is 8.08. The first-order valence-corrected chi connectivity index (χ1v) is 10.3. The monoisotopic (exact) mass is 428 g/mol. The number of rotatable bonds is 9. The molecule has 0 atom stereocenters. The molecule has 30 heavy (non-hydrogen) atoms. The number of carboxylic acids is 2. The molecule has 1 aliphatic heterocycles. The summed E-state index contributed by atoms with van der Waals surface area (Å²) in [6.07, 6.45) is 0. The van der Waals surface area contributed by atoms with Crippen LogP contribution in [0.3, 0.4) is 0 Å². The number of carbonyl (C=O) groups is 3. The molecule has 1 rings (SSSR count). The van der Waals surface area contributed by atoms with E-state index in [1.165, 1.54) is 0 Å². The summed E-state index contributed by atoms with van der Waals surface area (Å²) in [5.41, 5.74) is 0. The molecular weight excluding hydrogens is 392 g/mol. The largest absolute Gasteiger partial charge is 0.512 e. The molecule has 1 saturated heterocycles. The molecule has 3 N–H and O–H groups in total. The zero-order valence-electron chi connectivity index (χ0n) is 18.1. The Kier molecular flexibility index (Phi) is 11.6. The van der Waals surface area contributed by atoms with Gasteiger partial charge in [0.15, 0.2) is 0 Å². The molecule has 0 amide bonds. The number of carboxylic acid groups (broad SMARTS) is 2. The number of carbonyl (C=O) groups excluding carboxylic acids is 1. The van der Waals surface area contributed by atoms with Gasteiger partial charge in [0.25, 0.3) is 0 Å². The van der Waals surface area contributed by atoms with E-state index in [1.54, 1.807) is 0 Å². The number of ketones is 1. The van der Waals surface area contributed by atoms with Gasteiger partial charge < -0.3 is 15.3 Å². The Labute approximate surface area is 178 Å². The van der Waals surface area contributed by atoms with Gasteiger partial charge in [-0.2, -0.15) is 0 Å². The van der Waals surface area contributed by atoms with Crippen LogP contribution in [0.2, 0.25) is 0 Å². The summed E-state index contributed by atoms with van der Waals surface area (Å²) in [6.45, 7) is 11.5. The smallest absolute Gasteiger partial charge is 0.317 e. The van der Waals surface area contributed by atoms with Crippen LogP contribution in [-0.2, 0) is 14.4 Å². The summed E-state index contributed by atoms with van der Waals surface area (Å²) in [6, 6.07) is 0. The van der Waals surface area contributed by atoms with Crippen molar-refractivity contribution < 1.29 is 29.7 Å². The fraction of sp³-hybridized carbons (Fsp3) is 0.750. The molecule has 0 aromatic rings. The third-order valence-electron chi connectivity index (χ3n) is 5.08. The average molecular weight is 429 g/mol. The van der Waals surface area contributed by atoms with E-state index in [9.17, 15) is 29.7 Å². The third-order valence-corrected chi connectivity index (χ3v) is 5.08. The number of hydrogen-bond donors (Lipinski definition) is 3. The topological polar surface area (TPSA) is 125 Å². The van der Waals surface area contributed by atoms with Crippen molar-refractivity contribution >= 4 is 17.7 Å². The molecule has 0 bridgehead atoms. The van der Waals surface area contributed by atoms with Crippen LogP contribution >= 0.6 is 0 Å². The van der Waals surface area contributed by atoms with Crippen LogP contribution in [-0.4, -0.2) is 131 Å². The fourth-order valence-corrected chi connectivity index (χ4v) is 3.25. The van der Waals surface area contributed by atoms with Crippen molar-refractivity contribution in [3.63, 3.8) is 0 Å². The van der Waals surface area contributed by atoms with Crippen LogP contribution in [0.5, 0.6) is 0 Å². The van der Waals surface area contributed by atoms with Gasteiger partial charge in [-0.1, -0.05) is 20.4 Å². The molecule has 1 heterocycles. The molecule has 0 aromatic heterocycles. The maximum Gasteiger partial charge on any atom is 0.317 e. The highest BCUT2D eigenvalue weighted by molar-refractivity contribution is 5.82. The van der Waals surface area contributed by atoms with Crippen molar-refractivity contribution in [2.75, 3.05) is 78.5 Å². The zero-order valence-corrected chi connectivity index (χ0v) is 18.1. The van der Waals surface area contributed by atoms with E-state index in [1.807, 2.05) is 33.4 Å². The minimum atomic E-state index is -0.919. The highest BCUT2D eigenvalue weighted by atomic mass is 16.4. The summed E-state index contributed by atoms with van der Waals surface area (Å²) in [7, 11) is 0. The Balaban J connectivity index is 2.95. The van der Waals surface area contributed by atoms with Crippen LogP contribution < -0.4 is 0 Å². The first-order chi connectivity index (χ1) is 14.1. The van der Waals surface area contributed by atoms with E-state index in [0.29, 0.717) is 52.4 Å². The van der Waals surface area contributed by atoms with Crippen molar-refractivity contribution in [1.29, 1.82) is 0 Å². The molecule has 0 aromatic carbocycles. The third kappa shape index (κ3) is 11.2. The van der Waals surface area contributed by atoms with Gasteiger partial charge >= 0.3 is 11.9 Å². The number of hydrogen-bond acceptors (Lipinski definition) is 8. The van der Waals surface area contributed by atoms with Gasteiger partial charge in [-0.15, -0.1) is 0 Å². The Morgan fingerprint density at radius 2 is 0.967 bits per heavy atom. The number of aliphatic hydroxyl groups excluding tert-OH is 1. The number of aliphatic hydroxyl groups is 1. The van der Waals surface area contributed by atoms with Crippen molar-refractivity contribution in [3.05, 3.63) is 12.3 Å². The maximum atomic E-state index is 12.3. The summed E-state index contributed by atoms with van der Waals surface area (Å²) in [5.74, 6) is -1.83. The lowest BCUT2D eigenvalue weighted by Crippen LogP contribution is -2.48. The Bertz CT molecular complexity index is 566. The van der Waals surface area contributed by atoms with E-state index in [-0.39, 0.29) is 43.6 Å². The van der Waals surface area contributed by atoms with Crippen molar-refractivity contribution in [1.82, 2.24) is 19.6 Å². The minimum absolute atomic E-state index is 0.00929. The van der Waals surface area contributed by atoms with E-state index in [2.05, 4.69) is 6.58 Å². The highest BCUT2D eigenvalue weighted by Crippen LogP contribution is 2.04. The lowest BCUT2D eigenvalue weighted by Gasteiger charge is -2.33. The zero-order chi connectivity index (χ0) is 22.7. The first-order valence-electron chi connectivity index (χ1n) is 10.3. The summed E-state index contributed by atoms with van der Waals surface area (Å²) in [4.78, 5) is 42.3. The van der Waals surface area contributed by atoms with Crippen molar-refractivity contribution in [2.45, 2.75) is 13.8 Å². The van der Waals surface area contributed by atoms with Gasteiger partial charge in [0, 0.05) is 58.3 Å². The first kappa shape index (κ1) is 26.0. The van der Waals surface area contributed by atoms with Gasteiger partial charge in [-0.05, 0) is 0 Å². The molecule has 0 unspecified atom stereocenters. The predicted molar refractivity (Wildman–Crippen MR) is 113 cm³/mol. The molecule has 1 fully saturated rings. The molecule has 0 aliphatic carbocycles. The van der Waals surface area contributed by atoms with Gasteiger partial charge in [-0.3, -0.25) is 34.0 Å². The van der Waals surface area contributed by atoms with Crippen molar-refractivity contribution in [3.8, 4) is 0 Å². The summed E-state index contributed by atoms with van der Waals surface area (Å²) in [5, 5.41) is 28.0. The molecule has 10 heteroatoms. The number of aliphatic carboxylic acids is 2. The Morgan fingerprint density at radius 3 is 1.23 bits per heavy atom. The van der Waals surface area contributed by atoms with Crippen LogP contribution in [0, 0.1) is 5.92 Å². The quantitative estimate of drug-likeness (QED) is 0.421. The van der Waals surface area contributed by atoms with Gasteiger partial charge in [0.05, 0.1) is 31.9 Å². The second-order valence-corrected chi connectivity index (χ2v) is 8.08. The Morgan fingerprint density at radius 1 is 0.667 bits per heavy atom. The van der Waals surface area contributed by atoms with Crippen molar-refractivity contribution in [2.24, 2.45) is 5.92 Å². The molecular formula is C20H36N4O6. The standard InChI is InChI=1S/C20H36N4O6/c1-16(2)18(26)13-22-6-10-23(14-19(27)28)8-4-21(12-17(3)25)5-9-24(11-7-22)15-20(29)30/h16,25H,3-15H2,1-2H3,(H,27,28)(H,29,30). The molecule has 0 saturated carbocycles. The van der Waals surface area contributed by atoms with Gasteiger partial charge in [0.2, 0.25) is 0 Å². The molecule has 172 valence electrons. The van der Waals surface area contributed by atoms with Crippen LogP contribution in [0.4, 0.5) is 0 Å². The number of Topliss-reactive ketones (excluding diaryl/α,β-unsaturated/α-hetero) is 1. The summed E-state index contributed by atoms with van der Waals surface area (Å²) < 4.78 is 0. The van der Waals surface area contributed by atoms with E-state index in [0.717, 1.165) is 0 Å². The van der Waals surface area contributed by atoms with E-state index >= 15 is 0 Å². The molecule has 0 spiro atoms. The average Bonchev–Trinajstić information content (AvgIpc) is 2.62. The van der Waals surface area contributed by atoms with Gasteiger partial charge in [-0.25, -0.2) is 0 Å². The van der Waals surface area contributed by atoms with Crippen LogP contribution in [0.15, 0.2) is 12.3 Å². The Hall–Kier alpha value is -2.01. The highest BCUT2D eigenvalue weighted by Gasteiger charge is 2.21. The second kappa shape index (κ2) is 13.3. The molecule has 0 radical (unpaired) electrons. The molecule has 1 aliphatic rings. The van der Waals surface area contributed by atoms with Crippen LogP contribution in [0.25, 0.3) is 0 Å². The SMILES string of the molecule is C=C(O)CN1CCN(CC(=O)O)CCN(CC(=O)C(C)C)CCN(CC(=O)O)CC1. The van der Waals surface area contributed by atoms with E-state index in [4.69, 9.17) is 0 Å². The molecule has 10 nitrogen and oxygen atoms in total. The fourth-order valence-electron chi connectivity index (χ4n) is 3.25. The lowest BCUT2D eigenvalue weighted by molar-refractivity contribution is -0.139. The van der Waals surface area contributed by atoms with E-state index < -0.39 is 11.9 Å². The lowest BCUT2D eigenvalue weighted by atomic mass is 10.1. The van der Waals surface area contributed by atoms with Crippen LogP contribution in [0.1, 0.15) is 13.8 Å².